The van der Waals surface area contributed by atoms with Gasteiger partial charge in [0.25, 0.3) is 0 Å². The van der Waals surface area contributed by atoms with Crippen LogP contribution >= 0.6 is 0 Å². The quantitative estimate of drug-likeness (QED) is 0.0434. The van der Waals surface area contributed by atoms with Gasteiger partial charge >= 0.3 is 30.2 Å². The zero-order valence-electron chi connectivity index (χ0n) is 45.4. The van der Waals surface area contributed by atoms with Crippen molar-refractivity contribution in [3.63, 3.8) is 0 Å². The number of amides is 3. The Morgan fingerprint density at radius 1 is 0.563 bits per heavy atom. The van der Waals surface area contributed by atoms with Gasteiger partial charge in [0.05, 0.1) is 31.4 Å². The minimum Gasteiger partial charge on any atom is -0.489 e. The Bertz CT molecular complexity index is 3150. The average molecular weight is 1250 g/mol. The second-order valence-corrected chi connectivity index (χ2v) is 17.4. The summed E-state index contributed by atoms with van der Waals surface area (Å²) in [5, 5.41) is 24.2. The number of benzene rings is 5. The number of carbonyl (C=O) groups excluding carboxylic acids is 4. The molecule has 5 aromatic rings. The molecular formula is C55H61F10N5O17. The molecule has 3 amide bonds. The van der Waals surface area contributed by atoms with Crippen molar-refractivity contribution in [1.82, 2.24) is 16.0 Å². The van der Waals surface area contributed by atoms with E-state index in [1.165, 1.54) is 12.1 Å². The normalized spacial score (nSPS) is 15.3. The lowest BCUT2D eigenvalue weighted by molar-refractivity contribution is -0.140. The van der Waals surface area contributed by atoms with Crippen LogP contribution in [-0.2, 0) is 36.6 Å². The predicted molar refractivity (Wildman–Crippen MR) is 284 cm³/mol. The van der Waals surface area contributed by atoms with E-state index in [1.54, 1.807) is 20.8 Å². The van der Waals surface area contributed by atoms with Crippen molar-refractivity contribution in [3.05, 3.63) is 148 Å². The first-order chi connectivity index (χ1) is 40.2. The van der Waals surface area contributed by atoms with Crippen LogP contribution in [-0.4, -0.2) is 135 Å². The fraction of sp³-hybridized carbons (Fsp3) is 0.345. The van der Waals surface area contributed by atoms with Crippen LogP contribution in [0.4, 0.5) is 58.3 Å². The van der Waals surface area contributed by atoms with Gasteiger partial charge in [-0.15, -0.1) is 0 Å². The maximum Gasteiger partial charge on any atom is 0.407 e. The van der Waals surface area contributed by atoms with E-state index in [1.807, 2.05) is 5.32 Å². The fourth-order valence-electron chi connectivity index (χ4n) is 7.17. The third kappa shape index (κ3) is 23.6. The molecule has 87 heavy (non-hydrogen) atoms. The van der Waals surface area contributed by atoms with Gasteiger partial charge in [-0.1, -0.05) is 7.43 Å². The SMILES string of the molecule is C.CCOC(=O)N[C@@H]1COc2c(F)cc(F)cc2C1.CCOC(=O)N[C@@H]1COc2c(F)cc(F)cc2C1=O.CCOC(=O)N[C@H](COc1ccc(F)cc1F)C(=O)O.N[C@@H]1COc2c(F)cc(F)cc2C1.N[C@H](COc1ccc(F)cc1F)C(=O)O.O. The first kappa shape index (κ1) is 73.8. The molecule has 478 valence electrons. The summed E-state index contributed by atoms with van der Waals surface area (Å²) in [6, 6.07) is 6.66. The molecule has 0 fully saturated rings. The molecule has 0 aromatic heterocycles. The number of carboxylic acid groups (broad SMARTS) is 2. The van der Waals surface area contributed by atoms with Crippen molar-refractivity contribution in [3.8, 4) is 28.7 Å². The zero-order valence-corrected chi connectivity index (χ0v) is 45.4. The molecule has 0 radical (unpaired) electrons. The summed E-state index contributed by atoms with van der Waals surface area (Å²) in [5.74, 6) is -11.7. The number of alkyl carbamates (subject to hydrolysis) is 3. The fourth-order valence-corrected chi connectivity index (χ4v) is 7.17. The lowest BCUT2D eigenvalue weighted by Crippen LogP contribution is -2.47. The van der Waals surface area contributed by atoms with Crippen LogP contribution in [0, 0.1) is 58.2 Å². The smallest absolute Gasteiger partial charge is 0.407 e. The Morgan fingerprint density at radius 2 is 1.00 bits per heavy atom. The van der Waals surface area contributed by atoms with Gasteiger partial charge in [0, 0.05) is 47.5 Å². The minimum atomic E-state index is -1.42. The van der Waals surface area contributed by atoms with Crippen molar-refractivity contribution >= 4 is 36.0 Å². The number of rotatable bonds is 14. The molecule has 3 aliphatic heterocycles. The van der Waals surface area contributed by atoms with Gasteiger partial charge in [-0.3, -0.25) is 9.59 Å². The second kappa shape index (κ2) is 35.9. The van der Waals surface area contributed by atoms with Gasteiger partial charge in [0.2, 0.25) is 0 Å². The highest BCUT2D eigenvalue weighted by atomic mass is 19.2. The Labute approximate surface area is 489 Å². The summed E-state index contributed by atoms with van der Waals surface area (Å²) in [5.41, 5.74) is 11.4. The van der Waals surface area contributed by atoms with E-state index >= 15 is 0 Å². The standard InChI is InChI=1S/C12H13F2NO5.C12H11F2NO4.C12H13F2NO3.C9H9F2NO3.C9H9F2NO.CH4.H2O/c1-2-19-12(18)15-9(11(16)17)6-20-10-4-3-7(13)5-8(10)14;1-2-18-12(17)15-9-5-19-11-7(10(9)16)3-6(13)4-8(11)14;1-2-17-12(16)15-9-4-7-3-8(13)5-10(14)11(7)18-6-9;10-5-1-2-8(6(11)3-5)15-4-7(12)9(13)14;10-6-1-5-2-7(12)4-13-9(5)8(11)3-6;;/h3-5,9H,2,6H2,1H3,(H,15,18)(H,16,17);3-4,9H,2,5H2,1H3,(H,15,17);3,5,9H,2,4,6H2,1H3,(H,15,16);1-3,7H,4,12H2,(H,13,14);1,3,7H,2,4,12H2;1H4;1H2/t3*9-;2*7-;;/m11010../s1. The lowest BCUT2D eigenvalue weighted by Gasteiger charge is -2.26. The molecule has 5 atom stereocenters. The summed E-state index contributed by atoms with van der Waals surface area (Å²) in [4.78, 5) is 66.7. The minimum absolute atomic E-state index is 0. The van der Waals surface area contributed by atoms with Crippen LogP contribution in [0.5, 0.6) is 28.7 Å². The van der Waals surface area contributed by atoms with Crippen molar-refractivity contribution in [2.45, 2.75) is 71.2 Å². The number of carbonyl (C=O) groups is 6. The van der Waals surface area contributed by atoms with Crippen LogP contribution in [0.3, 0.4) is 0 Å². The van der Waals surface area contributed by atoms with Crippen LogP contribution in [0.25, 0.3) is 0 Å². The summed E-state index contributed by atoms with van der Waals surface area (Å²) in [7, 11) is 0. The second-order valence-electron chi connectivity index (χ2n) is 17.4. The molecule has 0 bridgehead atoms. The monoisotopic (exact) mass is 1250 g/mol. The molecule has 3 heterocycles. The first-order valence-electron chi connectivity index (χ1n) is 25.0. The molecule has 5 aromatic carbocycles. The molecule has 0 spiro atoms. The Hall–Kier alpha value is -9.30. The first-order valence-corrected chi connectivity index (χ1v) is 25.0. The van der Waals surface area contributed by atoms with Gasteiger partial charge < -0.3 is 81.0 Å². The summed E-state index contributed by atoms with van der Waals surface area (Å²) in [6.45, 7) is 4.62. The van der Waals surface area contributed by atoms with E-state index in [-0.39, 0.29) is 106 Å². The van der Waals surface area contributed by atoms with Crippen LogP contribution in [0.1, 0.15) is 49.7 Å². The predicted octanol–water partition coefficient (Wildman–Crippen LogP) is 7.01. The number of fused-ring (bicyclic) bond motifs is 3. The molecule has 3 aliphatic rings. The highest BCUT2D eigenvalue weighted by molar-refractivity contribution is 6.04. The molecule has 8 rings (SSSR count). The number of ether oxygens (including phenoxy) is 8. The summed E-state index contributed by atoms with van der Waals surface area (Å²) >= 11 is 0. The van der Waals surface area contributed by atoms with E-state index < -0.39 is 119 Å². The zero-order chi connectivity index (χ0) is 63.1. The number of nitrogens with one attached hydrogen (secondary N) is 3. The molecule has 11 N–H and O–H groups in total. The summed E-state index contributed by atoms with van der Waals surface area (Å²) < 4.78 is 169. The summed E-state index contributed by atoms with van der Waals surface area (Å²) in [6.07, 6.45) is -1.51. The Kier molecular flexibility index (Phi) is 30.4. The number of hydrogen-bond acceptors (Lipinski definition) is 16. The van der Waals surface area contributed by atoms with E-state index in [0.29, 0.717) is 42.2 Å². The maximum absolute atomic E-state index is 13.4. The molecule has 0 saturated carbocycles. The van der Waals surface area contributed by atoms with Crippen molar-refractivity contribution in [2.75, 3.05) is 52.9 Å². The van der Waals surface area contributed by atoms with Gasteiger partial charge in [0.15, 0.2) is 69.7 Å². The number of carboxylic acids is 2. The number of ketones is 1. The van der Waals surface area contributed by atoms with E-state index in [9.17, 15) is 72.7 Å². The Balaban J connectivity index is 0.000000371. The van der Waals surface area contributed by atoms with Crippen LogP contribution < -0.4 is 51.1 Å². The molecule has 0 aliphatic carbocycles. The Morgan fingerprint density at radius 3 is 1.49 bits per heavy atom. The highest BCUT2D eigenvalue weighted by Gasteiger charge is 2.33. The molecule has 32 heteroatoms. The topological polar surface area (TPSA) is 336 Å². The maximum atomic E-state index is 13.4. The molecule has 22 nitrogen and oxygen atoms in total. The van der Waals surface area contributed by atoms with Crippen molar-refractivity contribution < 1.29 is 126 Å². The molecular weight excluding hydrogens is 1190 g/mol. The number of Topliss-reactive ketones (excluding diaryl/α,β-unsaturated/α-hetero) is 1. The van der Waals surface area contributed by atoms with Gasteiger partial charge in [-0.05, 0) is 76.1 Å². The van der Waals surface area contributed by atoms with Gasteiger partial charge in [0.1, 0.15) is 74.2 Å². The third-order valence-electron chi connectivity index (χ3n) is 10.9. The lowest BCUT2D eigenvalue weighted by atomic mass is 10.0. The third-order valence-corrected chi connectivity index (χ3v) is 10.9. The largest absolute Gasteiger partial charge is 0.489 e. The highest BCUT2D eigenvalue weighted by Crippen LogP contribution is 2.31. The number of aliphatic carboxylic acids is 2. The average Bonchev–Trinajstić information content (AvgIpc) is 2.13. The van der Waals surface area contributed by atoms with Gasteiger partial charge in [-0.25, -0.2) is 63.1 Å². The van der Waals surface area contributed by atoms with E-state index in [2.05, 4.69) is 20.1 Å². The van der Waals surface area contributed by atoms with Crippen molar-refractivity contribution in [2.24, 2.45) is 11.5 Å². The van der Waals surface area contributed by atoms with Crippen molar-refractivity contribution in [1.29, 1.82) is 0 Å². The number of nitrogens with two attached hydrogens (primary N) is 2. The molecule has 0 unspecified atom stereocenters. The number of halogens is 10. The van der Waals surface area contributed by atoms with Gasteiger partial charge in [-0.2, -0.15) is 0 Å². The number of hydrogen-bond donors (Lipinski definition) is 7. The molecule has 0 saturated heterocycles. The van der Waals surface area contributed by atoms with Crippen LogP contribution in [0.2, 0.25) is 0 Å². The van der Waals surface area contributed by atoms with E-state index in [0.717, 1.165) is 42.5 Å². The van der Waals surface area contributed by atoms with Crippen LogP contribution in [0.15, 0.2) is 72.8 Å². The van der Waals surface area contributed by atoms with E-state index in [4.69, 9.17) is 50.1 Å².